The van der Waals surface area contributed by atoms with Crippen LogP contribution in [0, 0.1) is 6.07 Å². The minimum absolute atomic E-state index is 0.780. The molecule has 0 fully saturated rings. The van der Waals surface area contributed by atoms with E-state index in [1.807, 2.05) is 0 Å². The SMILES string of the molecule is Sc1[c]ccnc1. The van der Waals surface area contributed by atoms with Gasteiger partial charge in [0, 0.05) is 17.3 Å². The molecule has 0 spiro atoms. The van der Waals surface area contributed by atoms with E-state index in [9.17, 15) is 0 Å². The Morgan fingerprint density at radius 1 is 1.71 bits per heavy atom. The summed E-state index contributed by atoms with van der Waals surface area (Å²) in [6.45, 7) is 0. The molecule has 0 bridgehead atoms. The van der Waals surface area contributed by atoms with Gasteiger partial charge in [-0.1, -0.05) is 0 Å². The molecule has 1 rings (SSSR count). The monoisotopic (exact) mass is 110 g/mol. The lowest BCUT2D eigenvalue weighted by molar-refractivity contribution is 1.24. The minimum atomic E-state index is 0.780. The van der Waals surface area contributed by atoms with Crippen LogP contribution in [0.2, 0.25) is 0 Å². The van der Waals surface area contributed by atoms with Gasteiger partial charge in [-0.05, 0) is 12.1 Å². The molecule has 2 heteroatoms. The summed E-state index contributed by atoms with van der Waals surface area (Å²) in [5.74, 6) is 0. The minimum Gasteiger partial charge on any atom is -0.264 e. The number of aromatic nitrogens is 1. The summed E-state index contributed by atoms with van der Waals surface area (Å²) in [6, 6.07) is 4.56. The van der Waals surface area contributed by atoms with Crippen molar-refractivity contribution in [1.29, 1.82) is 0 Å². The molecular formula is C5H4NS. The van der Waals surface area contributed by atoms with Crippen molar-refractivity contribution < 1.29 is 0 Å². The standard InChI is InChI=1S/C5H4NS/c7-5-2-1-3-6-4-5/h1,3-4,7H. The van der Waals surface area contributed by atoms with Gasteiger partial charge in [0.25, 0.3) is 0 Å². The summed E-state index contributed by atoms with van der Waals surface area (Å²) in [5.41, 5.74) is 0. The lowest BCUT2D eigenvalue weighted by atomic mass is 10.5. The van der Waals surface area contributed by atoms with Gasteiger partial charge < -0.3 is 0 Å². The third-order valence-electron chi connectivity index (χ3n) is 0.589. The molecule has 0 aromatic carbocycles. The van der Waals surface area contributed by atoms with Gasteiger partial charge in [0.05, 0.1) is 0 Å². The van der Waals surface area contributed by atoms with Gasteiger partial charge >= 0.3 is 0 Å². The van der Waals surface area contributed by atoms with Crippen LogP contribution in [0.1, 0.15) is 0 Å². The molecule has 35 valence electrons. The van der Waals surface area contributed by atoms with Gasteiger partial charge in [-0.2, -0.15) is 0 Å². The van der Waals surface area contributed by atoms with Gasteiger partial charge in [0.1, 0.15) is 0 Å². The van der Waals surface area contributed by atoms with Crippen LogP contribution >= 0.6 is 12.6 Å². The van der Waals surface area contributed by atoms with Crippen LogP contribution < -0.4 is 0 Å². The fourth-order valence-electron chi connectivity index (χ4n) is 0.317. The molecule has 1 aromatic rings. The molecule has 0 amide bonds. The maximum Gasteiger partial charge on any atom is 0.0407 e. The van der Waals surface area contributed by atoms with Crippen molar-refractivity contribution in [2.45, 2.75) is 4.90 Å². The zero-order valence-corrected chi connectivity index (χ0v) is 4.52. The maximum atomic E-state index is 3.97. The molecule has 0 unspecified atom stereocenters. The first-order valence-corrected chi connectivity index (χ1v) is 2.35. The van der Waals surface area contributed by atoms with E-state index in [1.165, 1.54) is 0 Å². The Balaban J connectivity index is 3.02. The van der Waals surface area contributed by atoms with Crippen molar-refractivity contribution in [3.63, 3.8) is 0 Å². The number of thiol groups is 1. The van der Waals surface area contributed by atoms with Crippen LogP contribution in [-0.2, 0) is 0 Å². The average Bonchev–Trinajstić information content (AvgIpc) is 1.69. The Labute approximate surface area is 47.8 Å². The van der Waals surface area contributed by atoms with Crippen LogP contribution in [-0.4, -0.2) is 4.98 Å². The van der Waals surface area contributed by atoms with Gasteiger partial charge in [0.15, 0.2) is 0 Å². The van der Waals surface area contributed by atoms with E-state index < -0.39 is 0 Å². The Bertz CT molecular complexity index is 138. The molecular weight excluding hydrogens is 106 g/mol. The molecule has 0 aliphatic rings. The highest BCUT2D eigenvalue weighted by Crippen LogP contribution is 1.96. The Hall–Kier alpha value is -0.500. The predicted octanol–water partition coefficient (Wildman–Crippen LogP) is 1.17. The van der Waals surface area contributed by atoms with Crippen LogP contribution in [0.4, 0.5) is 0 Å². The smallest absolute Gasteiger partial charge is 0.0407 e. The van der Waals surface area contributed by atoms with E-state index in [-0.39, 0.29) is 0 Å². The Morgan fingerprint density at radius 3 is 2.86 bits per heavy atom. The predicted molar refractivity (Wildman–Crippen MR) is 30.3 cm³/mol. The fraction of sp³-hybridized carbons (Fsp3) is 0. The molecule has 7 heavy (non-hydrogen) atoms. The summed E-state index contributed by atoms with van der Waals surface area (Å²) in [6.07, 6.45) is 3.31. The van der Waals surface area contributed by atoms with Gasteiger partial charge in [-0.15, -0.1) is 12.6 Å². The molecule has 1 heterocycles. The average molecular weight is 110 g/mol. The molecule has 0 saturated heterocycles. The second-order valence-electron chi connectivity index (χ2n) is 1.12. The van der Waals surface area contributed by atoms with E-state index in [0.717, 1.165) is 4.90 Å². The van der Waals surface area contributed by atoms with Crippen molar-refractivity contribution >= 4 is 12.6 Å². The lowest BCUT2D eigenvalue weighted by Gasteiger charge is -1.80. The van der Waals surface area contributed by atoms with E-state index in [1.54, 1.807) is 18.5 Å². The molecule has 0 aliphatic carbocycles. The van der Waals surface area contributed by atoms with Crippen molar-refractivity contribution in [2.24, 2.45) is 0 Å². The Morgan fingerprint density at radius 2 is 2.57 bits per heavy atom. The summed E-state index contributed by atoms with van der Waals surface area (Å²) in [7, 11) is 0. The lowest BCUT2D eigenvalue weighted by Crippen LogP contribution is -1.66. The number of hydrogen-bond acceptors (Lipinski definition) is 2. The molecule has 0 N–H and O–H groups in total. The molecule has 0 aliphatic heterocycles. The van der Waals surface area contributed by atoms with Crippen LogP contribution in [0.5, 0.6) is 0 Å². The van der Waals surface area contributed by atoms with Crippen LogP contribution in [0.3, 0.4) is 0 Å². The Kier molecular flexibility index (Phi) is 1.32. The van der Waals surface area contributed by atoms with Gasteiger partial charge in [0.2, 0.25) is 0 Å². The van der Waals surface area contributed by atoms with E-state index in [4.69, 9.17) is 0 Å². The zero-order chi connectivity index (χ0) is 5.11. The number of nitrogens with zero attached hydrogens (tertiary/aromatic N) is 1. The summed E-state index contributed by atoms with van der Waals surface area (Å²) in [4.78, 5) is 4.56. The molecule has 0 atom stereocenters. The normalized spacial score (nSPS) is 8.71. The highest BCUT2D eigenvalue weighted by Gasteiger charge is 1.75. The maximum absolute atomic E-state index is 3.97. The van der Waals surface area contributed by atoms with Crippen molar-refractivity contribution in [3.8, 4) is 0 Å². The molecule has 1 nitrogen and oxygen atoms in total. The van der Waals surface area contributed by atoms with E-state index in [2.05, 4.69) is 23.7 Å². The topological polar surface area (TPSA) is 12.9 Å². The second kappa shape index (κ2) is 1.98. The first kappa shape index (κ1) is 4.65. The molecule has 1 radical (unpaired) electrons. The number of rotatable bonds is 0. The second-order valence-corrected chi connectivity index (χ2v) is 1.61. The van der Waals surface area contributed by atoms with Crippen LogP contribution in [0.25, 0.3) is 0 Å². The highest BCUT2D eigenvalue weighted by atomic mass is 32.1. The molecule has 1 aromatic heterocycles. The summed E-state index contributed by atoms with van der Waals surface area (Å²) >= 11 is 3.97. The summed E-state index contributed by atoms with van der Waals surface area (Å²) < 4.78 is 0. The van der Waals surface area contributed by atoms with Crippen LogP contribution in [0.15, 0.2) is 23.4 Å². The third-order valence-corrected chi connectivity index (χ3v) is 0.833. The highest BCUT2D eigenvalue weighted by molar-refractivity contribution is 7.80. The summed E-state index contributed by atoms with van der Waals surface area (Å²) in [5, 5.41) is 0. The zero-order valence-electron chi connectivity index (χ0n) is 3.63. The van der Waals surface area contributed by atoms with Crippen molar-refractivity contribution in [2.75, 3.05) is 0 Å². The first-order chi connectivity index (χ1) is 3.39. The number of pyridine rings is 1. The van der Waals surface area contributed by atoms with Gasteiger partial charge in [-0.25, -0.2) is 0 Å². The van der Waals surface area contributed by atoms with Crippen molar-refractivity contribution in [3.05, 3.63) is 24.5 Å². The van der Waals surface area contributed by atoms with E-state index in [0.29, 0.717) is 0 Å². The third kappa shape index (κ3) is 1.20. The number of hydrogen-bond donors (Lipinski definition) is 1. The molecule has 0 saturated carbocycles. The van der Waals surface area contributed by atoms with Gasteiger partial charge in [-0.3, -0.25) is 4.98 Å². The first-order valence-electron chi connectivity index (χ1n) is 1.90. The largest absolute Gasteiger partial charge is 0.264 e. The fourth-order valence-corrected chi connectivity index (χ4v) is 0.458. The van der Waals surface area contributed by atoms with Crippen molar-refractivity contribution in [1.82, 2.24) is 4.98 Å². The van der Waals surface area contributed by atoms with E-state index >= 15 is 0 Å². The quantitative estimate of drug-likeness (QED) is 0.495.